The lowest BCUT2D eigenvalue weighted by Crippen LogP contribution is -2.48. The van der Waals surface area contributed by atoms with E-state index in [2.05, 4.69) is 0 Å². The number of anilines is 1. The van der Waals surface area contributed by atoms with E-state index in [0.29, 0.717) is 17.5 Å². The molecule has 0 N–H and O–H groups in total. The molecule has 4 nitrogen and oxygen atoms in total. The van der Waals surface area contributed by atoms with Crippen molar-refractivity contribution < 1.29 is 9.18 Å². The van der Waals surface area contributed by atoms with Crippen LogP contribution in [0.5, 0.6) is 0 Å². The van der Waals surface area contributed by atoms with Crippen molar-refractivity contribution in [1.29, 1.82) is 0 Å². The Bertz CT molecular complexity index is 658. The van der Waals surface area contributed by atoms with Gasteiger partial charge >= 0.3 is 0 Å². The molecule has 0 aromatic heterocycles. The van der Waals surface area contributed by atoms with Crippen molar-refractivity contribution in [3.63, 3.8) is 0 Å². The number of nitrogens with zero attached hydrogens (tertiary/aromatic N) is 3. The number of carbonyl (C=O) groups is 1. The van der Waals surface area contributed by atoms with Crippen LogP contribution in [-0.2, 0) is 4.79 Å². The normalized spacial score (nSPS) is 23.2. The molecule has 3 rings (SSSR count). The topological polar surface area (TPSA) is 35.9 Å². The number of aliphatic imine (C=N–C) groups is 1. The quantitative estimate of drug-likeness (QED) is 0.833. The molecule has 1 saturated heterocycles. The zero-order chi connectivity index (χ0) is 17.3. The molecule has 130 valence electrons. The Balaban J connectivity index is 1.85. The van der Waals surface area contributed by atoms with Gasteiger partial charge in [-0.05, 0) is 37.5 Å². The van der Waals surface area contributed by atoms with Crippen LogP contribution >= 0.6 is 11.8 Å². The fraction of sp³-hybridized carbons (Fsp3) is 0.556. The molecule has 0 radical (unpaired) electrons. The first-order valence-electron chi connectivity index (χ1n) is 8.46. The zero-order valence-electron chi connectivity index (χ0n) is 14.5. The summed E-state index contributed by atoms with van der Waals surface area (Å²) in [4.78, 5) is 20.7. The Labute approximate surface area is 147 Å². The maximum absolute atomic E-state index is 14.4. The highest BCUT2D eigenvalue weighted by atomic mass is 32.2. The molecule has 1 aromatic carbocycles. The molecule has 1 aromatic rings. The number of rotatable bonds is 3. The van der Waals surface area contributed by atoms with Gasteiger partial charge in [0.15, 0.2) is 5.17 Å². The minimum atomic E-state index is -0.357. The summed E-state index contributed by atoms with van der Waals surface area (Å²) < 4.78 is 14.4. The third-order valence-corrected chi connectivity index (χ3v) is 5.84. The van der Waals surface area contributed by atoms with Gasteiger partial charge in [0.2, 0.25) is 5.91 Å². The van der Waals surface area contributed by atoms with E-state index in [-0.39, 0.29) is 17.9 Å². The van der Waals surface area contributed by atoms with Gasteiger partial charge in [-0.1, -0.05) is 30.7 Å². The van der Waals surface area contributed by atoms with Crippen LogP contribution in [0.15, 0.2) is 23.2 Å². The summed E-state index contributed by atoms with van der Waals surface area (Å²) in [7, 11) is 1.94. The van der Waals surface area contributed by atoms with Crippen molar-refractivity contribution in [2.24, 2.45) is 4.99 Å². The predicted molar refractivity (Wildman–Crippen MR) is 98.0 cm³/mol. The first kappa shape index (κ1) is 17.3. The highest BCUT2D eigenvalue weighted by molar-refractivity contribution is 8.14. The molecule has 24 heavy (non-hydrogen) atoms. The second kappa shape index (κ2) is 7.13. The van der Waals surface area contributed by atoms with Gasteiger partial charge in [0, 0.05) is 19.7 Å². The third kappa shape index (κ3) is 3.43. The summed E-state index contributed by atoms with van der Waals surface area (Å²) in [6.45, 7) is 3.33. The maximum atomic E-state index is 14.4. The van der Waals surface area contributed by atoms with Gasteiger partial charge in [0.1, 0.15) is 12.0 Å². The molecule has 1 saturated carbocycles. The van der Waals surface area contributed by atoms with Gasteiger partial charge in [-0.3, -0.25) is 14.7 Å². The third-order valence-electron chi connectivity index (χ3n) is 4.73. The largest absolute Gasteiger partial charge is 0.333 e. The molecule has 2 fully saturated rings. The molecule has 1 aliphatic heterocycles. The van der Waals surface area contributed by atoms with E-state index in [1.54, 1.807) is 22.7 Å². The number of amides is 1. The molecule has 1 unspecified atom stereocenters. The number of benzene rings is 1. The Morgan fingerprint density at radius 1 is 1.38 bits per heavy atom. The van der Waals surface area contributed by atoms with Crippen LogP contribution in [-0.4, -0.2) is 41.0 Å². The maximum Gasteiger partial charge on any atom is 0.225 e. The SMILES string of the molecule is CC(=O)N(c1ccc(C)cc1F)C1CSC(=NC2CCCC2)N1C. The first-order valence-corrected chi connectivity index (χ1v) is 9.45. The average molecular weight is 349 g/mol. The van der Waals surface area contributed by atoms with Gasteiger partial charge in [0.05, 0.1) is 11.7 Å². The summed E-state index contributed by atoms with van der Waals surface area (Å²) in [5, 5.41) is 0.964. The van der Waals surface area contributed by atoms with E-state index < -0.39 is 0 Å². The standard InChI is InChI=1S/C18H24FN3OS/c1-12-8-9-16(15(19)10-12)22(13(2)23)17-11-24-18(21(17)3)20-14-6-4-5-7-14/h8-10,14,17H,4-7,11H2,1-3H3. The monoisotopic (exact) mass is 349 g/mol. The summed E-state index contributed by atoms with van der Waals surface area (Å²) in [5.41, 5.74) is 1.19. The number of carbonyl (C=O) groups excluding carboxylic acids is 1. The van der Waals surface area contributed by atoms with Gasteiger partial charge in [-0.2, -0.15) is 0 Å². The molecular formula is C18H24FN3OS. The van der Waals surface area contributed by atoms with Crippen LogP contribution in [0.4, 0.5) is 10.1 Å². The molecule has 1 heterocycles. The first-order chi connectivity index (χ1) is 11.5. The fourth-order valence-corrected chi connectivity index (χ4v) is 4.62. The van der Waals surface area contributed by atoms with Crippen LogP contribution in [0.3, 0.4) is 0 Å². The number of thioether (sulfide) groups is 1. The Hall–Kier alpha value is -1.56. The minimum Gasteiger partial charge on any atom is -0.333 e. The van der Waals surface area contributed by atoms with E-state index in [0.717, 1.165) is 23.6 Å². The second-order valence-corrected chi connectivity index (χ2v) is 7.58. The van der Waals surface area contributed by atoms with Crippen LogP contribution in [0.1, 0.15) is 38.2 Å². The Morgan fingerprint density at radius 3 is 2.71 bits per heavy atom. The number of halogens is 1. The number of hydrogen-bond acceptors (Lipinski definition) is 3. The van der Waals surface area contributed by atoms with Crippen molar-refractivity contribution in [1.82, 2.24) is 4.90 Å². The molecule has 2 aliphatic rings. The molecule has 0 spiro atoms. The van der Waals surface area contributed by atoms with Crippen molar-refractivity contribution in [2.45, 2.75) is 51.7 Å². The van der Waals surface area contributed by atoms with Crippen LogP contribution in [0, 0.1) is 12.7 Å². The van der Waals surface area contributed by atoms with Gasteiger partial charge < -0.3 is 4.90 Å². The van der Waals surface area contributed by atoms with Crippen molar-refractivity contribution in [3.8, 4) is 0 Å². The minimum absolute atomic E-state index is 0.155. The number of hydrogen-bond donors (Lipinski definition) is 0. The summed E-state index contributed by atoms with van der Waals surface area (Å²) >= 11 is 1.65. The molecule has 0 bridgehead atoms. The summed E-state index contributed by atoms with van der Waals surface area (Å²) in [5.74, 6) is 0.191. The lowest BCUT2D eigenvalue weighted by molar-refractivity contribution is -0.117. The lowest BCUT2D eigenvalue weighted by atomic mass is 10.2. The van der Waals surface area contributed by atoms with E-state index >= 15 is 0 Å². The second-order valence-electron chi connectivity index (χ2n) is 6.60. The van der Waals surface area contributed by atoms with Gasteiger partial charge in [-0.15, -0.1) is 0 Å². The highest BCUT2D eigenvalue weighted by Gasteiger charge is 2.36. The number of amidine groups is 1. The Morgan fingerprint density at radius 2 is 2.08 bits per heavy atom. The summed E-state index contributed by atoms with van der Waals surface area (Å²) in [6, 6.07) is 5.40. The zero-order valence-corrected chi connectivity index (χ0v) is 15.3. The Kier molecular flexibility index (Phi) is 5.13. The van der Waals surface area contributed by atoms with E-state index in [1.165, 1.54) is 25.8 Å². The lowest BCUT2D eigenvalue weighted by Gasteiger charge is -2.33. The molecule has 6 heteroatoms. The van der Waals surface area contributed by atoms with Crippen LogP contribution in [0.25, 0.3) is 0 Å². The van der Waals surface area contributed by atoms with Crippen LogP contribution in [0.2, 0.25) is 0 Å². The molecule has 1 amide bonds. The summed E-state index contributed by atoms with van der Waals surface area (Å²) in [6.07, 6.45) is 4.57. The van der Waals surface area contributed by atoms with Crippen molar-refractivity contribution in [2.75, 3.05) is 17.7 Å². The predicted octanol–water partition coefficient (Wildman–Crippen LogP) is 3.79. The van der Waals surface area contributed by atoms with E-state index in [1.807, 2.05) is 24.9 Å². The molecular weight excluding hydrogens is 325 g/mol. The van der Waals surface area contributed by atoms with Crippen molar-refractivity contribution in [3.05, 3.63) is 29.6 Å². The van der Waals surface area contributed by atoms with Gasteiger partial charge in [-0.25, -0.2) is 4.39 Å². The van der Waals surface area contributed by atoms with Gasteiger partial charge in [0.25, 0.3) is 0 Å². The highest BCUT2D eigenvalue weighted by Crippen LogP contribution is 2.32. The van der Waals surface area contributed by atoms with E-state index in [4.69, 9.17) is 4.99 Å². The molecule has 1 aliphatic carbocycles. The fourth-order valence-electron chi connectivity index (χ4n) is 3.40. The number of aryl methyl sites for hydroxylation is 1. The molecule has 1 atom stereocenters. The smallest absolute Gasteiger partial charge is 0.225 e. The van der Waals surface area contributed by atoms with Crippen molar-refractivity contribution >= 4 is 28.5 Å². The average Bonchev–Trinajstić information content (AvgIpc) is 3.14. The van der Waals surface area contributed by atoms with E-state index in [9.17, 15) is 9.18 Å². The van der Waals surface area contributed by atoms with Crippen LogP contribution < -0.4 is 4.90 Å².